The van der Waals surface area contributed by atoms with Crippen LogP contribution in [0.15, 0.2) is 65.5 Å². The van der Waals surface area contributed by atoms with E-state index in [0.29, 0.717) is 24.3 Å². The Hall–Kier alpha value is -3.52. The predicted octanol–water partition coefficient (Wildman–Crippen LogP) is 4.54. The highest BCUT2D eigenvalue weighted by Gasteiger charge is 2.10. The summed E-state index contributed by atoms with van der Waals surface area (Å²) in [7, 11) is 0. The normalized spacial score (nSPS) is 10.9. The van der Waals surface area contributed by atoms with Crippen molar-refractivity contribution in [3.05, 3.63) is 82.6 Å². The SMILES string of the molecule is Nc1ccc(-c2ccsc2)cc1NC(=O)CCc1cn(CCc2ccc(F)cc2)nn1. The number of carbonyl (C=O) groups excluding carboxylic acids is 1. The number of halogens is 1. The monoisotopic (exact) mass is 435 g/mol. The zero-order valence-corrected chi connectivity index (χ0v) is 17.6. The van der Waals surface area contributed by atoms with E-state index in [9.17, 15) is 9.18 Å². The number of nitrogens with zero attached hydrogens (tertiary/aromatic N) is 3. The van der Waals surface area contributed by atoms with Gasteiger partial charge in [-0.25, -0.2) is 4.39 Å². The maximum Gasteiger partial charge on any atom is 0.224 e. The molecule has 3 N–H and O–H groups in total. The standard InChI is InChI=1S/C23H22FN5OS/c24-19-4-1-16(2-5-19)9-11-29-14-20(27-28-29)6-8-23(30)26-22-13-17(3-7-21(22)25)18-10-12-31-15-18/h1-5,7,10,12-15H,6,8-9,11,25H2,(H,26,30). The summed E-state index contributed by atoms with van der Waals surface area (Å²) in [6.45, 7) is 0.636. The molecule has 0 aliphatic carbocycles. The van der Waals surface area contributed by atoms with Gasteiger partial charge in [0.25, 0.3) is 0 Å². The molecule has 0 aliphatic heterocycles. The van der Waals surface area contributed by atoms with Crippen molar-refractivity contribution in [2.75, 3.05) is 11.1 Å². The van der Waals surface area contributed by atoms with Crippen molar-refractivity contribution in [3.63, 3.8) is 0 Å². The molecule has 4 aromatic rings. The van der Waals surface area contributed by atoms with Crippen molar-refractivity contribution < 1.29 is 9.18 Å². The van der Waals surface area contributed by atoms with Gasteiger partial charge in [0.1, 0.15) is 5.82 Å². The first-order valence-electron chi connectivity index (χ1n) is 9.92. The van der Waals surface area contributed by atoms with E-state index in [1.807, 2.05) is 29.8 Å². The van der Waals surface area contributed by atoms with Crippen molar-refractivity contribution in [3.8, 4) is 11.1 Å². The van der Waals surface area contributed by atoms with E-state index in [4.69, 9.17) is 5.73 Å². The number of nitrogen functional groups attached to an aromatic ring is 1. The second kappa shape index (κ2) is 9.53. The van der Waals surface area contributed by atoms with Gasteiger partial charge in [-0.1, -0.05) is 23.4 Å². The van der Waals surface area contributed by atoms with E-state index in [2.05, 4.69) is 21.0 Å². The molecule has 0 spiro atoms. The lowest BCUT2D eigenvalue weighted by atomic mass is 10.1. The molecule has 2 aromatic carbocycles. The fraction of sp³-hybridized carbons (Fsp3) is 0.174. The van der Waals surface area contributed by atoms with Crippen molar-refractivity contribution in [2.24, 2.45) is 0 Å². The summed E-state index contributed by atoms with van der Waals surface area (Å²) in [6, 6.07) is 14.1. The van der Waals surface area contributed by atoms with Crippen LogP contribution in [0.2, 0.25) is 0 Å². The molecule has 0 radical (unpaired) electrons. The van der Waals surface area contributed by atoms with Crippen LogP contribution in [0, 0.1) is 5.82 Å². The quantitative estimate of drug-likeness (QED) is 0.398. The van der Waals surface area contributed by atoms with E-state index in [1.54, 1.807) is 34.2 Å². The predicted molar refractivity (Wildman–Crippen MR) is 121 cm³/mol. The van der Waals surface area contributed by atoms with Gasteiger partial charge in [0, 0.05) is 25.6 Å². The fourth-order valence-corrected chi connectivity index (χ4v) is 3.85. The van der Waals surface area contributed by atoms with Crippen LogP contribution in [0.4, 0.5) is 15.8 Å². The van der Waals surface area contributed by atoms with Gasteiger partial charge in [0.05, 0.1) is 17.1 Å². The van der Waals surface area contributed by atoms with Crippen LogP contribution in [0.5, 0.6) is 0 Å². The number of benzene rings is 2. The number of amides is 1. The van der Waals surface area contributed by atoms with E-state index >= 15 is 0 Å². The molecule has 4 rings (SSSR count). The number of hydrogen-bond donors (Lipinski definition) is 2. The molecule has 31 heavy (non-hydrogen) atoms. The van der Waals surface area contributed by atoms with Gasteiger partial charge in [-0.05, 0) is 64.2 Å². The lowest BCUT2D eigenvalue weighted by molar-refractivity contribution is -0.116. The Morgan fingerprint density at radius 1 is 1.10 bits per heavy atom. The second-order valence-corrected chi connectivity index (χ2v) is 7.99. The van der Waals surface area contributed by atoms with Gasteiger partial charge in [-0.3, -0.25) is 9.48 Å². The summed E-state index contributed by atoms with van der Waals surface area (Å²) < 4.78 is 14.7. The molecule has 0 atom stereocenters. The van der Waals surface area contributed by atoms with Crippen LogP contribution >= 0.6 is 11.3 Å². The summed E-state index contributed by atoms with van der Waals surface area (Å²) in [4.78, 5) is 12.4. The van der Waals surface area contributed by atoms with Crippen molar-refractivity contribution in [2.45, 2.75) is 25.8 Å². The van der Waals surface area contributed by atoms with Gasteiger partial charge in [-0.2, -0.15) is 11.3 Å². The zero-order valence-electron chi connectivity index (χ0n) is 16.8. The minimum Gasteiger partial charge on any atom is -0.397 e. The highest BCUT2D eigenvalue weighted by Crippen LogP contribution is 2.28. The van der Waals surface area contributed by atoms with E-state index in [1.165, 1.54) is 12.1 Å². The highest BCUT2D eigenvalue weighted by molar-refractivity contribution is 7.08. The lowest BCUT2D eigenvalue weighted by Gasteiger charge is -2.10. The van der Waals surface area contributed by atoms with Crippen LogP contribution < -0.4 is 11.1 Å². The molecule has 8 heteroatoms. The van der Waals surface area contributed by atoms with E-state index < -0.39 is 0 Å². The average molecular weight is 436 g/mol. The molecule has 0 unspecified atom stereocenters. The van der Waals surface area contributed by atoms with Crippen LogP contribution in [-0.2, 0) is 24.2 Å². The summed E-state index contributed by atoms with van der Waals surface area (Å²) >= 11 is 1.62. The number of rotatable bonds is 8. The Bertz CT molecular complexity index is 1160. The lowest BCUT2D eigenvalue weighted by Crippen LogP contribution is -2.13. The molecule has 0 saturated heterocycles. The van der Waals surface area contributed by atoms with Gasteiger partial charge < -0.3 is 11.1 Å². The van der Waals surface area contributed by atoms with Crippen molar-refractivity contribution in [1.29, 1.82) is 0 Å². The smallest absolute Gasteiger partial charge is 0.224 e. The molecular weight excluding hydrogens is 413 g/mol. The van der Waals surface area contributed by atoms with E-state index in [0.717, 1.165) is 28.8 Å². The molecule has 0 saturated carbocycles. The Kier molecular flexibility index (Phi) is 6.37. The van der Waals surface area contributed by atoms with Crippen LogP contribution in [0.25, 0.3) is 11.1 Å². The minimum absolute atomic E-state index is 0.130. The number of nitrogens with one attached hydrogen (secondary N) is 1. The number of thiophene rings is 1. The Morgan fingerprint density at radius 2 is 1.94 bits per heavy atom. The van der Waals surface area contributed by atoms with Crippen LogP contribution in [0.3, 0.4) is 0 Å². The molecule has 2 heterocycles. The molecule has 2 aromatic heterocycles. The molecule has 0 bridgehead atoms. The van der Waals surface area contributed by atoms with Crippen molar-refractivity contribution >= 4 is 28.6 Å². The number of aryl methyl sites for hydroxylation is 3. The zero-order chi connectivity index (χ0) is 21.6. The Morgan fingerprint density at radius 3 is 2.71 bits per heavy atom. The van der Waals surface area contributed by atoms with Gasteiger partial charge in [-0.15, -0.1) is 5.10 Å². The maximum absolute atomic E-state index is 13.0. The second-order valence-electron chi connectivity index (χ2n) is 7.21. The summed E-state index contributed by atoms with van der Waals surface area (Å²) in [5.74, 6) is -0.375. The third kappa shape index (κ3) is 5.55. The molecule has 6 nitrogen and oxygen atoms in total. The molecule has 1 amide bonds. The van der Waals surface area contributed by atoms with E-state index in [-0.39, 0.29) is 18.1 Å². The average Bonchev–Trinajstić information content (AvgIpc) is 3.46. The fourth-order valence-electron chi connectivity index (χ4n) is 3.18. The van der Waals surface area contributed by atoms with Gasteiger partial charge >= 0.3 is 0 Å². The molecular formula is C23H22FN5OS. The molecule has 158 valence electrons. The topological polar surface area (TPSA) is 85.8 Å². The summed E-state index contributed by atoms with van der Waals surface area (Å²) in [5, 5.41) is 15.2. The number of nitrogens with two attached hydrogens (primary N) is 1. The van der Waals surface area contributed by atoms with Gasteiger partial charge in [0.2, 0.25) is 5.91 Å². The number of hydrogen-bond acceptors (Lipinski definition) is 5. The Balaban J connectivity index is 1.29. The molecule has 0 aliphatic rings. The first kappa shape index (κ1) is 20.7. The first-order valence-corrected chi connectivity index (χ1v) is 10.9. The summed E-state index contributed by atoms with van der Waals surface area (Å²) in [6.07, 6.45) is 3.32. The minimum atomic E-state index is -0.245. The van der Waals surface area contributed by atoms with Crippen molar-refractivity contribution in [1.82, 2.24) is 15.0 Å². The summed E-state index contributed by atoms with van der Waals surface area (Å²) in [5.41, 5.74) is 11.0. The third-order valence-electron chi connectivity index (χ3n) is 4.92. The number of aromatic nitrogens is 3. The van der Waals surface area contributed by atoms with Crippen LogP contribution in [-0.4, -0.2) is 20.9 Å². The maximum atomic E-state index is 13.0. The van der Waals surface area contributed by atoms with Crippen LogP contribution in [0.1, 0.15) is 17.7 Å². The number of carbonyl (C=O) groups is 1. The largest absolute Gasteiger partial charge is 0.397 e. The highest BCUT2D eigenvalue weighted by atomic mass is 32.1. The number of anilines is 2. The first-order chi connectivity index (χ1) is 15.1. The van der Waals surface area contributed by atoms with Gasteiger partial charge in [0.15, 0.2) is 0 Å². The molecule has 0 fully saturated rings. The third-order valence-corrected chi connectivity index (χ3v) is 5.60. The Labute approximate surface area is 183 Å².